The smallest absolute Gasteiger partial charge is 0.328 e. The Morgan fingerprint density at radius 3 is 2.67 bits per heavy atom. The van der Waals surface area contributed by atoms with Crippen LogP contribution in [0.15, 0.2) is 41.7 Å². The van der Waals surface area contributed by atoms with Crippen molar-refractivity contribution in [1.29, 1.82) is 0 Å². The minimum Gasteiger partial charge on any atom is -0.361 e. The van der Waals surface area contributed by atoms with Crippen LogP contribution in [0.4, 0.5) is 0 Å². The first-order valence-electron chi connectivity index (χ1n) is 5.16. The van der Waals surface area contributed by atoms with Crippen LogP contribution >= 0.6 is 0 Å². The Hall–Kier alpha value is -2.12. The van der Waals surface area contributed by atoms with Crippen LogP contribution in [0.25, 0.3) is 22.3 Å². The minimum absolute atomic E-state index is 0.448. The van der Waals surface area contributed by atoms with Gasteiger partial charge in [-0.1, -0.05) is 12.1 Å². The number of fused-ring (bicyclic) bond motifs is 1. The van der Waals surface area contributed by atoms with Crippen molar-refractivity contribution in [2.45, 2.75) is 5.16 Å². The highest BCUT2D eigenvalue weighted by Gasteiger charge is 2.17. The van der Waals surface area contributed by atoms with Crippen LogP contribution < -0.4 is 0 Å². The molecule has 0 atom stereocenters. The van der Waals surface area contributed by atoms with Crippen LogP contribution in [-0.2, 0) is 10.1 Å². The molecule has 0 radical (unpaired) electrons. The average molecular weight is 263 g/mol. The molecule has 0 unspecified atom stereocenters. The van der Waals surface area contributed by atoms with Crippen LogP contribution in [0, 0.1) is 0 Å². The van der Waals surface area contributed by atoms with Gasteiger partial charge in [0.15, 0.2) is 0 Å². The molecule has 3 N–H and O–H groups in total. The van der Waals surface area contributed by atoms with Gasteiger partial charge in [0.25, 0.3) is 5.16 Å². The van der Waals surface area contributed by atoms with E-state index in [4.69, 9.17) is 4.55 Å². The van der Waals surface area contributed by atoms with Gasteiger partial charge in [0.2, 0.25) is 0 Å². The number of hydrogen-bond acceptors (Lipinski definition) is 3. The first kappa shape index (κ1) is 11.0. The standard InChI is InChI=1S/C11H9N3O3S/c15-18(16,17)11-13-9-4-1-3-7(10(9)14-11)8-5-2-6-12-8/h1-6,12H,(H,13,14)(H,15,16,17). The van der Waals surface area contributed by atoms with Gasteiger partial charge in [-0.3, -0.25) is 4.55 Å². The normalized spacial score (nSPS) is 12.1. The number of aromatic nitrogens is 3. The van der Waals surface area contributed by atoms with E-state index in [0.717, 1.165) is 11.3 Å². The SMILES string of the molecule is O=S(=O)(O)c1nc2c(-c3ccc[nH]3)cccc2[nH]1. The van der Waals surface area contributed by atoms with Crippen molar-refractivity contribution in [3.05, 3.63) is 36.5 Å². The van der Waals surface area contributed by atoms with E-state index in [1.165, 1.54) is 0 Å². The number of nitrogens with one attached hydrogen (secondary N) is 2. The summed E-state index contributed by atoms with van der Waals surface area (Å²) in [7, 11) is -4.33. The number of para-hydroxylation sites is 1. The van der Waals surface area contributed by atoms with Gasteiger partial charge in [-0.2, -0.15) is 8.42 Å². The molecule has 7 heteroatoms. The molecule has 0 aliphatic heterocycles. The van der Waals surface area contributed by atoms with Gasteiger partial charge < -0.3 is 9.97 Å². The molecule has 6 nitrogen and oxygen atoms in total. The Kier molecular flexibility index (Phi) is 2.25. The van der Waals surface area contributed by atoms with Crippen molar-refractivity contribution in [3.63, 3.8) is 0 Å². The molecule has 0 aliphatic carbocycles. The molecule has 2 aromatic heterocycles. The molecule has 0 bridgehead atoms. The topological polar surface area (TPSA) is 98.8 Å². The van der Waals surface area contributed by atoms with E-state index in [1.54, 1.807) is 18.3 Å². The quantitative estimate of drug-likeness (QED) is 0.614. The van der Waals surface area contributed by atoms with Gasteiger partial charge >= 0.3 is 10.1 Å². The van der Waals surface area contributed by atoms with E-state index in [0.29, 0.717) is 11.0 Å². The van der Waals surface area contributed by atoms with Crippen molar-refractivity contribution in [2.24, 2.45) is 0 Å². The summed E-state index contributed by atoms with van der Waals surface area (Å²) in [5.41, 5.74) is 2.64. The molecule has 18 heavy (non-hydrogen) atoms. The maximum Gasteiger partial charge on any atom is 0.328 e. The number of imidazole rings is 1. The Balaban J connectivity index is 2.32. The van der Waals surface area contributed by atoms with Crippen molar-refractivity contribution in [3.8, 4) is 11.3 Å². The predicted molar refractivity (Wildman–Crippen MR) is 65.7 cm³/mol. The molecule has 0 saturated heterocycles. The minimum atomic E-state index is -4.33. The van der Waals surface area contributed by atoms with Crippen molar-refractivity contribution in [1.82, 2.24) is 15.0 Å². The third kappa shape index (κ3) is 1.69. The Morgan fingerprint density at radius 1 is 1.17 bits per heavy atom. The lowest BCUT2D eigenvalue weighted by atomic mass is 10.1. The molecule has 0 spiro atoms. The second-order valence-corrected chi connectivity index (χ2v) is 5.14. The molecule has 0 amide bonds. The van der Waals surface area contributed by atoms with Crippen molar-refractivity contribution in [2.75, 3.05) is 0 Å². The first-order valence-corrected chi connectivity index (χ1v) is 6.60. The summed E-state index contributed by atoms with van der Waals surface area (Å²) in [4.78, 5) is 9.53. The number of aromatic amines is 2. The van der Waals surface area contributed by atoms with E-state index in [9.17, 15) is 8.42 Å². The summed E-state index contributed by atoms with van der Waals surface area (Å²) < 4.78 is 31.1. The van der Waals surface area contributed by atoms with E-state index in [2.05, 4.69) is 15.0 Å². The molecule has 0 saturated carbocycles. The Bertz CT molecular complexity index is 803. The molecule has 2 heterocycles. The summed E-state index contributed by atoms with van der Waals surface area (Å²) in [5.74, 6) is 0. The fourth-order valence-electron chi connectivity index (χ4n) is 1.85. The first-order chi connectivity index (χ1) is 8.55. The second-order valence-electron chi connectivity index (χ2n) is 3.80. The zero-order chi connectivity index (χ0) is 12.8. The molecule has 3 rings (SSSR count). The lowest BCUT2D eigenvalue weighted by molar-refractivity contribution is 0.476. The average Bonchev–Trinajstić information content (AvgIpc) is 2.96. The second kappa shape index (κ2) is 3.69. The van der Waals surface area contributed by atoms with Crippen LogP contribution in [0.3, 0.4) is 0 Å². The molecule has 1 aromatic carbocycles. The van der Waals surface area contributed by atoms with Crippen LogP contribution in [-0.4, -0.2) is 27.9 Å². The summed E-state index contributed by atoms with van der Waals surface area (Å²) in [6, 6.07) is 9.00. The van der Waals surface area contributed by atoms with E-state index in [1.807, 2.05) is 18.2 Å². The van der Waals surface area contributed by atoms with Crippen LogP contribution in [0.1, 0.15) is 0 Å². The maximum absolute atomic E-state index is 11.1. The van der Waals surface area contributed by atoms with Crippen molar-refractivity contribution >= 4 is 21.2 Å². The van der Waals surface area contributed by atoms with Gasteiger partial charge in [0.05, 0.1) is 11.0 Å². The van der Waals surface area contributed by atoms with E-state index in [-0.39, 0.29) is 0 Å². The summed E-state index contributed by atoms with van der Waals surface area (Å²) >= 11 is 0. The largest absolute Gasteiger partial charge is 0.361 e. The summed E-state index contributed by atoms with van der Waals surface area (Å²) in [6.07, 6.45) is 1.77. The number of benzene rings is 1. The highest BCUT2D eigenvalue weighted by atomic mass is 32.2. The molecular formula is C11H9N3O3S. The third-order valence-corrected chi connectivity index (χ3v) is 3.31. The van der Waals surface area contributed by atoms with Gasteiger partial charge in [0, 0.05) is 17.5 Å². The van der Waals surface area contributed by atoms with Crippen LogP contribution in [0.2, 0.25) is 0 Å². The fourth-order valence-corrected chi connectivity index (χ4v) is 2.29. The van der Waals surface area contributed by atoms with Gasteiger partial charge in [-0.05, 0) is 18.2 Å². The third-order valence-electron chi connectivity index (χ3n) is 2.62. The van der Waals surface area contributed by atoms with E-state index < -0.39 is 15.3 Å². The van der Waals surface area contributed by atoms with Crippen LogP contribution in [0.5, 0.6) is 0 Å². The lowest BCUT2D eigenvalue weighted by Crippen LogP contribution is -1.99. The number of rotatable bonds is 2. The maximum atomic E-state index is 11.1. The predicted octanol–water partition coefficient (Wildman–Crippen LogP) is 1.80. The molecular weight excluding hydrogens is 254 g/mol. The zero-order valence-electron chi connectivity index (χ0n) is 9.08. The zero-order valence-corrected chi connectivity index (χ0v) is 9.90. The molecule has 0 fully saturated rings. The molecule has 0 aliphatic rings. The van der Waals surface area contributed by atoms with Crippen molar-refractivity contribution < 1.29 is 13.0 Å². The van der Waals surface area contributed by atoms with Gasteiger partial charge in [0.1, 0.15) is 0 Å². The number of hydrogen-bond donors (Lipinski definition) is 3. The summed E-state index contributed by atoms with van der Waals surface area (Å²) in [5, 5.41) is -0.448. The highest BCUT2D eigenvalue weighted by Crippen LogP contribution is 2.26. The van der Waals surface area contributed by atoms with E-state index >= 15 is 0 Å². The lowest BCUT2D eigenvalue weighted by Gasteiger charge is -1.98. The summed E-state index contributed by atoms with van der Waals surface area (Å²) in [6.45, 7) is 0. The van der Waals surface area contributed by atoms with Gasteiger partial charge in [-0.25, -0.2) is 4.98 Å². The number of H-pyrrole nitrogens is 2. The molecule has 3 aromatic rings. The van der Waals surface area contributed by atoms with Gasteiger partial charge in [-0.15, -0.1) is 0 Å². The Labute approximate surface area is 102 Å². The Morgan fingerprint density at radius 2 is 2.00 bits per heavy atom. The fraction of sp³-hybridized carbons (Fsp3) is 0. The molecule has 92 valence electrons. The number of nitrogens with zero attached hydrogens (tertiary/aromatic N) is 1. The monoisotopic (exact) mass is 263 g/mol. The highest BCUT2D eigenvalue weighted by molar-refractivity contribution is 7.85.